The monoisotopic (exact) mass is 437 g/mol. The van der Waals surface area contributed by atoms with Gasteiger partial charge in [-0.15, -0.1) is 0 Å². The first-order valence-corrected chi connectivity index (χ1v) is 10.9. The zero-order valence-electron chi connectivity index (χ0n) is 18.6. The van der Waals surface area contributed by atoms with E-state index in [-0.39, 0.29) is 24.3 Å². The van der Waals surface area contributed by atoms with Crippen LogP contribution in [0.2, 0.25) is 0 Å². The quantitative estimate of drug-likeness (QED) is 0.554. The van der Waals surface area contributed by atoms with Crippen LogP contribution in [0.25, 0.3) is 11.3 Å². The predicted molar refractivity (Wildman–Crippen MR) is 122 cm³/mol. The molecule has 0 spiro atoms. The van der Waals surface area contributed by atoms with Crippen LogP contribution in [0.3, 0.4) is 0 Å². The highest BCUT2D eigenvalue weighted by Crippen LogP contribution is 2.23. The normalized spacial score (nSPS) is 17.6. The molecule has 0 unspecified atom stereocenters. The molecule has 2 heterocycles. The van der Waals surface area contributed by atoms with E-state index >= 15 is 0 Å². The van der Waals surface area contributed by atoms with Gasteiger partial charge >= 0.3 is 0 Å². The summed E-state index contributed by atoms with van der Waals surface area (Å²) < 4.78 is 0. The number of carbonyl (C=O) groups is 2. The minimum absolute atomic E-state index is 0.0587. The Hall–Kier alpha value is -3.26. The van der Waals surface area contributed by atoms with E-state index in [2.05, 4.69) is 27.2 Å². The molecule has 1 aromatic carbocycles. The maximum atomic E-state index is 13.1. The fraction of sp³-hybridized carbons (Fsp3) is 0.417. The van der Waals surface area contributed by atoms with Crippen molar-refractivity contribution in [3.8, 4) is 11.3 Å². The molecule has 3 N–H and O–H groups in total. The summed E-state index contributed by atoms with van der Waals surface area (Å²) in [5, 5.41) is 15.9. The second-order valence-corrected chi connectivity index (χ2v) is 8.24. The molecule has 3 rings (SSSR count). The largest absolute Gasteiger partial charge is 0.394 e. The molecule has 0 bridgehead atoms. The van der Waals surface area contributed by atoms with E-state index in [0.717, 1.165) is 23.2 Å². The zero-order valence-corrected chi connectivity index (χ0v) is 18.6. The lowest BCUT2D eigenvalue weighted by molar-refractivity contribution is -0.141. The van der Waals surface area contributed by atoms with E-state index in [0.29, 0.717) is 13.0 Å². The molecule has 2 amide bonds. The molecular weight excluding hydrogens is 406 g/mol. The lowest BCUT2D eigenvalue weighted by atomic mass is 10.0. The Morgan fingerprint density at radius 3 is 2.62 bits per heavy atom. The molecule has 1 aliphatic heterocycles. The van der Waals surface area contributed by atoms with Crippen LogP contribution in [0.5, 0.6) is 0 Å². The molecule has 1 saturated heterocycles. The summed E-state index contributed by atoms with van der Waals surface area (Å²) in [6, 6.07) is 7.79. The van der Waals surface area contributed by atoms with Crippen molar-refractivity contribution in [3.63, 3.8) is 0 Å². The summed E-state index contributed by atoms with van der Waals surface area (Å²) in [6.07, 6.45) is 6.04. The van der Waals surface area contributed by atoms with Gasteiger partial charge in [0.05, 0.1) is 18.3 Å². The maximum Gasteiger partial charge on any atom is 0.245 e. The average molecular weight is 438 g/mol. The standard InChI is InChI=1S/C24H31N5O3/c1-4-26-22(16(2)3)24(32)29-13-5-6-21(29)23(31)28-20(14-30)18-9-7-17(8-10-18)19-11-12-25-15-27-19/h4,7-12,15-16,20-22,26,30H,1,5-6,13-14H2,2-3H3,(H,28,31)/t20-,21-,22-/m0/s1. The first kappa shape index (κ1) is 23.4. The van der Waals surface area contributed by atoms with Crippen molar-refractivity contribution in [1.29, 1.82) is 0 Å². The van der Waals surface area contributed by atoms with Gasteiger partial charge in [-0.2, -0.15) is 0 Å². The molecule has 8 heteroatoms. The molecule has 2 aromatic rings. The zero-order chi connectivity index (χ0) is 23.1. The topological polar surface area (TPSA) is 107 Å². The van der Waals surface area contributed by atoms with Crippen LogP contribution in [0.1, 0.15) is 38.3 Å². The fourth-order valence-corrected chi connectivity index (χ4v) is 4.01. The number of hydrogen-bond acceptors (Lipinski definition) is 6. The molecular formula is C24H31N5O3. The third kappa shape index (κ3) is 5.31. The van der Waals surface area contributed by atoms with Crippen molar-refractivity contribution in [2.24, 2.45) is 5.92 Å². The van der Waals surface area contributed by atoms with Gasteiger partial charge in [-0.1, -0.05) is 44.7 Å². The van der Waals surface area contributed by atoms with Crippen molar-refractivity contribution in [2.45, 2.75) is 44.8 Å². The lowest BCUT2D eigenvalue weighted by Gasteiger charge is -2.31. The molecule has 3 atom stereocenters. The summed E-state index contributed by atoms with van der Waals surface area (Å²) in [4.78, 5) is 35.9. The Labute approximate surface area is 188 Å². The minimum atomic E-state index is -0.563. The van der Waals surface area contributed by atoms with E-state index < -0.39 is 18.1 Å². The number of carbonyl (C=O) groups excluding carboxylic acids is 2. The van der Waals surface area contributed by atoms with Gasteiger partial charge in [0.15, 0.2) is 0 Å². The van der Waals surface area contributed by atoms with Gasteiger partial charge in [-0.3, -0.25) is 9.59 Å². The first-order valence-electron chi connectivity index (χ1n) is 10.9. The van der Waals surface area contributed by atoms with Crippen LogP contribution in [-0.4, -0.2) is 57.0 Å². The second-order valence-electron chi connectivity index (χ2n) is 8.24. The molecule has 0 saturated carbocycles. The van der Waals surface area contributed by atoms with Crippen molar-refractivity contribution in [2.75, 3.05) is 13.2 Å². The molecule has 1 aliphatic rings. The van der Waals surface area contributed by atoms with Crippen LogP contribution < -0.4 is 10.6 Å². The fourth-order valence-electron chi connectivity index (χ4n) is 4.01. The maximum absolute atomic E-state index is 13.1. The third-order valence-electron chi connectivity index (χ3n) is 5.76. The predicted octanol–water partition coefficient (Wildman–Crippen LogP) is 2.04. The van der Waals surface area contributed by atoms with E-state index in [1.165, 1.54) is 12.5 Å². The highest BCUT2D eigenvalue weighted by molar-refractivity contribution is 5.90. The van der Waals surface area contributed by atoms with Gasteiger partial charge in [0.1, 0.15) is 18.4 Å². The number of aliphatic hydroxyl groups excluding tert-OH is 1. The highest BCUT2D eigenvalue weighted by Gasteiger charge is 2.38. The van der Waals surface area contributed by atoms with Crippen molar-refractivity contribution < 1.29 is 14.7 Å². The van der Waals surface area contributed by atoms with Gasteiger partial charge in [0.25, 0.3) is 0 Å². The number of benzene rings is 1. The van der Waals surface area contributed by atoms with Crippen molar-refractivity contribution in [3.05, 3.63) is 61.2 Å². The molecule has 32 heavy (non-hydrogen) atoms. The van der Waals surface area contributed by atoms with E-state index in [9.17, 15) is 14.7 Å². The Morgan fingerprint density at radius 1 is 1.28 bits per heavy atom. The first-order chi connectivity index (χ1) is 15.5. The SMILES string of the molecule is C=CN[C@H](C(=O)N1CCC[C@H]1C(=O)N[C@@H](CO)c1ccc(-c2ccncn2)cc1)C(C)C. The van der Waals surface area contributed by atoms with E-state index in [1.54, 1.807) is 11.1 Å². The molecule has 170 valence electrons. The number of aromatic nitrogens is 2. The van der Waals surface area contributed by atoms with E-state index in [4.69, 9.17) is 0 Å². The van der Waals surface area contributed by atoms with Crippen LogP contribution in [0, 0.1) is 5.92 Å². The van der Waals surface area contributed by atoms with Crippen LogP contribution in [-0.2, 0) is 9.59 Å². The van der Waals surface area contributed by atoms with Gasteiger partial charge < -0.3 is 20.6 Å². The Bertz CT molecular complexity index is 917. The van der Waals surface area contributed by atoms with Crippen LogP contribution >= 0.6 is 0 Å². The Balaban J connectivity index is 1.70. The number of amides is 2. The minimum Gasteiger partial charge on any atom is -0.394 e. The molecule has 1 fully saturated rings. The number of hydrogen-bond donors (Lipinski definition) is 3. The third-order valence-corrected chi connectivity index (χ3v) is 5.76. The summed E-state index contributed by atoms with van der Waals surface area (Å²) >= 11 is 0. The lowest BCUT2D eigenvalue weighted by Crippen LogP contribution is -2.53. The molecule has 0 aliphatic carbocycles. The Morgan fingerprint density at radius 2 is 2.03 bits per heavy atom. The molecule has 8 nitrogen and oxygen atoms in total. The Kier molecular flexibility index (Phi) is 7.94. The van der Waals surface area contributed by atoms with E-state index in [1.807, 2.05) is 44.2 Å². The van der Waals surface area contributed by atoms with Crippen LogP contribution in [0.15, 0.2) is 55.6 Å². The summed E-state index contributed by atoms with van der Waals surface area (Å²) in [5.41, 5.74) is 2.49. The average Bonchev–Trinajstić information content (AvgIpc) is 3.31. The number of rotatable bonds is 9. The highest BCUT2D eigenvalue weighted by atomic mass is 16.3. The smallest absolute Gasteiger partial charge is 0.245 e. The summed E-state index contributed by atoms with van der Waals surface area (Å²) in [6.45, 7) is 7.86. The number of aliphatic hydroxyl groups is 1. The number of likely N-dealkylation sites (tertiary alicyclic amines) is 1. The van der Waals surface area contributed by atoms with Gasteiger partial charge in [0, 0.05) is 18.3 Å². The van der Waals surface area contributed by atoms with Crippen LogP contribution in [0.4, 0.5) is 0 Å². The number of nitrogens with one attached hydrogen (secondary N) is 2. The second kappa shape index (κ2) is 10.9. The number of nitrogens with zero attached hydrogens (tertiary/aromatic N) is 3. The summed E-state index contributed by atoms with van der Waals surface area (Å²) in [7, 11) is 0. The molecule has 0 radical (unpaired) electrons. The van der Waals surface area contributed by atoms with Crippen molar-refractivity contribution >= 4 is 11.8 Å². The van der Waals surface area contributed by atoms with Gasteiger partial charge in [-0.05, 0) is 36.6 Å². The van der Waals surface area contributed by atoms with Gasteiger partial charge in [0.2, 0.25) is 11.8 Å². The summed E-state index contributed by atoms with van der Waals surface area (Å²) in [5.74, 6) is -0.299. The van der Waals surface area contributed by atoms with Crippen molar-refractivity contribution in [1.82, 2.24) is 25.5 Å². The molecule has 1 aromatic heterocycles. The van der Waals surface area contributed by atoms with Gasteiger partial charge in [-0.25, -0.2) is 9.97 Å².